The topological polar surface area (TPSA) is 67.8 Å². The van der Waals surface area contributed by atoms with Crippen LogP contribution in [0.2, 0.25) is 0 Å². The molecule has 0 fully saturated rings. The van der Waals surface area contributed by atoms with E-state index in [1.165, 1.54) is 0 Å². The predicted octanol–water partition coefficient (Wildman–Crippen LogP) is 5.57. The van der Waals surface area contributed by atoms with Gasteiger partial charge in [0.2, 0.25) is 0 Å². The Balaban J connectivity index is 1.30. The molecule has 1 aliphatic rings. The second kappa shape index (κ2) is 9.79. The molecule has 1 aliphatic carbocycles. The third-order valence-corrected chi connectivity index (χ3v) is 5.27. The van der Waals surface area contributed by atoms with Crippen LogP contribution in [0, 0.1) is 11.8 Å². The monoisotopic (exact) mass is 467 g/mol. The zero-order chi connectivity index (χ0) is 24.1. The van der Waals surface area contributed by atoms with Crippen molar-refractivity contribution in [2.75, 3.05) is 13.2 Å². The Morgan fingerprint density at radius 3 is 2.29 bits per heavy atom. The zero-order valence-electron chi connectivity index (χ0n) is 17.9. The fraction of sp³-hybridized carbons (Fsp3) is 0.192. The van der Waals surface area contributed by atoms with E-state index in [0.717, 1.165) is 40.5 Å². The smallest absolute Gasteiger partial charge is 0.508 e. The number of halogens is 3. The number of phenolic OH excluding ortho intramolecular Hbond substituents is 1. The first-order valence-corrected chi connectivity index (χ1v) is 10.5. The first-order chi connectivity index (χ1) is 16.3. The lowest BCUT2D eigenvalue weighted by Gasteiger charge is -2.14. The number of carbonyl (C=O) groups is 1. The second-order valence-corrected chi connectivity index (χ2v) is 7.53. The van der Waals surface area contributed by atoms with E-state index in [1.54, 1.807) is 0 Å². The number of aromatic hydroxyl groups is 1. The summed E-state index contributed by atoms with van der Waals surface area (Å²) >= 11 is 0. The maximum absolute atomic E-state index is 12.5. The Bertz CT molecular complexity index is 1220. The molecule has 0 aliphatic heterocycles. The molecule has 0 saturated carbocycles. The van der Waals surface area contributed by atoms with Crippen molar-refractivity contribution >= 4 is 6.09 Å². The molecule has 3 aromatic rings. The van der Waals surface area contributed by atoms with E-state index < -0.39 is 18.2 Å². The molecule has 5 nitrogen and oxygen atoms in total. The summed E-state index contributed by atoms with van der Waals surface area (Å²) in [5.41, 5.74) is 4.35. The highest BCUT2D eigenvalue weighted by Gasteiger charge is 2.32. The first-order valence-electron chi connectivity index (χ1n) is 10.5. The summed E-state index contributed by atoms with van der Waals surface area (Å²) in [6, 6.07) is 19.1. The molecule has 0 atom stereocenters. The average Bonchev–Trinajstić information content (AvgIpc) is 3.12. The number of nitrogens with one attached hydrogen (secondary N) is 1. The summed E-state index contributed by atoms with van der Waals surface area (Å²) in [5.74, 6) is 4.37. The number of rotatable bonds is 5. The summed E-state index contributed by atoms with van der Waals surface area (Å²) in [7, 11) is 0. The van der Waals surface area contributed by atoms with Crippen LogP contribution in [-0.2, 0) is 4.74 Å². The van der Waals surface area contributed by atoms with Crippen LogP contribution >= 0.6 is 0 Å². The standard InChI is InChI=1S/C26H20F3NO4/c27-26(28,29)34-24-13-12-18(31)15-17(24)7-5-6-14-30-25(32)33-16-23-21-10-3-1-8-19(21)20-9-2-4-11-22(20)23/h1-4,8-13,15,23,31H,6,14,16H2,(H,30,32). The van der Waals surface area contributed by atoms with Gasteiger partial charge in [0.15, 0.2) is 0 Å². The number of benzene rings is 3. The van der Waals surface area contributed by atoms with Crippen LogP contribution in [-0.4, -0.2) is 30.7 Å². The molecular weight excluding hydrogens is 447 g/mol. The summed E-state index contributed by atoms with van der Waals surface area (Å²) in [5, 5.41) is 12.1. The lowest BCUT2D eigenvalue weighted by atomic mass is 9.98. The molecule has 8 heteroatoms. The SMILES string of the molecule is O=C(NCCC#Cc1cc(O)ccc1OC(F)(F)F)OCC1c2ccccc2-c2ccccc21. The number of hydrogen-bond donors (Lipinski definition) is 2. The van der Waals surface area contributed by atoms with Crippen molar-refractivity contribution in [3.8, 4) is 34.5 Å². The van der Waals surface area contributed by atoms with Gasteiger partial charge in [-0.3, -0.25) is 0 Å². The predicted molar refractivity (Wildman–Crippen MR) is 119 cm³/mol. The maximum atomic E-state index is 12.5. The number of phenols is 1. The molecule has 34 heavy (non-hydrogen) atoms. The van der Waals surface area contributed by atoms with Crippen LogP contribution in [0.15, 0.2) is 66.7 Å². The van der Waals surface area contributed by atoms with Crippen LogP contribution < -0.4 is 10.1 Å². The summed E-state index contributed by atoms with van der Waals surface area (Å²) < 4.78 is 46.9. The quantitative estimate of drug-likeness (QED) is 0.380. The molecule has 0 aromatic heterocycles. The molecule has 4 rings (SSSR count). The van der Waals surface area contributed by atoms with Crippen LogP contribution in [0.5, 0.6) is 11.5 Å². The number of ether oxygens (including phenoxy) is 2. The van der Waals surface area contributed by atoms with Crippen molar-refractivity contribution in [1.82, 2.24) is 5.32 Å². The molecule has 0 heterocycles. The molecule has 3 aromatic carbocycles. The second-order valence-electron chi connectivity index (χ2n) is 7.53. The molecule has 0 bridgehead atoms. The average molecular weight is 467 g/mol. The number of hydrogen-bond acceptors (Lipinski definition) is 4. The number of alkyl carbamates (subject to hydrolysis) is 1. The van der Waals surface area contributed by atoms with Gasteiger partial charge in [0.25, 0.3) is 0 Å². The Kier molecular flexibility index (Phi) is 6.64. The molecule has 0 unspecified atom stereocenters. The van der Waals surface area contributed by atoms with Gasteiger partial charge in [0.1, 0.15) is 18.1 Å². The van der Waals surface area contributed by atoms with Crippen LogP contribution in [0.25, 0.3) is 11.1 Å². The van der Waals surface area contributed by atoms with E-state index in [2.05, 4.69) is 21.9 Å². The van der Waals surface area contributed by atoms with Crippen molar-refractivity contribution < 1.29 is 32.5 Å². The molecule has 2 N–H and O–H groups in total. The van der Waals surface area contributed by atoms with Gasteiger partial charge < -0.3 is 19.9 Å². The van der Waals surface area contributed by atoms with Gasteiger partial charge in [-0.15, -0.1) is 13.2 Å². The summed E-state index contributed by atoms with van der Waals surface area (Å²) in [4.78, 5) is 12.2. The minimum absolute atomic E-state index is 0.0595. The van der Waals surface area contributed by atoms with Gasteiger partial charge >= 0.3 is 12.5 Å². The molecule has 1 amide bonds. The Hall–Kier alpha value is -4.12. The van der Waals surface area contributed by atoms with Crippen molar-refractivity contribution in [3.63, 3.8) is 0 Å². The van der Waals surface area contributed by atoms with Gasteiger partial charge in [-0.1, -0.05) is 60.4 Å². The van der Waals surface area contributed by atoms with Crippen LogP contribution in [0.4, 0.5) is 18.0 Å². The Morgan fingerprint density at radius 1 is 1.00 bits per heavy atom. The van der Waals surface area contributed by atoms with Gasteiger partial charge in [-0.25, -0.2) is 4.79 Å². The number of amides is 1. The van der Waals surface area contributed by atoms with E-state index in [-0.39, 0.29) is 36.8 Å². The highest BCUT2D eigenvalue weighted by Crippen LogP contribution is 2.44. The van der Waals surface area contributed by atoms with E-state index in [0.29, 0.717) is 0 Å². The fourth-order valence-electron chi connectivity index (χ4n) is 3.86. The number of alkyl halides is 3. The number of carbonyl (C=O) groups excluding carboxylic acids is 1. The zero-order valence-corrected chi connectivity index (χ0v) is 17.9. The van der Waals surface area contributed by atoms with Crippen LogP contribution in [0.3, 0.4) is 0 Å². The maximum Gasteiger partial charge on any atom is 0.573 e. The third kappa shape index (κ3) is 5.44. The Labute approximate surface area is 194 Å². The van der Waals surface area contributed by atoms with Gasteiger partial charge in [0.05, 0.1) is 5.56 Å². The molecule has 0 radical (unpaired) electrons. The number of fused-ring (bicyclic) bond motifs is 3. The van der Waals surface area contributed by atoms with Gasteiger partial charge in [-0.2, -0.15) is 0 Å². The molecule has 174 valence electrons. The third-order valence-electron chi connectivity index (χ3n) is 5.27. The fourth-order valence-corrected chi connectivity index (χ4v) is 3.86. The minimum Gasteiger partial charge on any atom is -0.508 e. The molecular formula is C26H20F3NO4. The Morgan fingerprint density at radius 2 is 1.65 bits per heavy atom. The van der Waals surface area contributed by atoms with Crippen LogP contribution in [0.1, 0.15) is 29.0 Å². The largest absolute Gasteiger partial charge is 0.573 e. The van der Waals surface area contributed by atoms with Crippen molar-refractivity contribution in [2.24, 2.45) is 0 Å². The lowest BCUT2D eigenvalue weighted by molar-refractivity contribution is -0.274. The van der Waals surface area contributed by atoms with Gasteiger partial charge in [-0.05, 0) is 40.5 Å². The normalized spacial score (nSPS) is 12.2. The van der Waals surface area contributed by atoms with E-state index >= 15 is 0 Å². The van der Waals surface area contributed by atoms with E-state index in [9.17, 15) is 23.1 Å². The highest BCUT2D eigenvalue weighted by atomic mass is 19.4. The van der Waals surface area contributed by atoms with Crippen molar-refractivity contribution in [3.05, 3.63) is 83.4 Å². The van der Waals surface area contributed by atoms with E-state index in [1.807, 2.05) is 48.5 Å². The molecule has 0 spiro atoms. The van der Waals surface area contributed by atoms with E-state index in [4.69, 9.17) is 4.74 Å². The minimum atomic E-state index is -4.88. The summed E-state index contributed by atoms with van der Waals surface area (Å²) in [6.07, 6.45) is -5.33. The van der Waals surface area contributed by atoms with Crippen molar-refractivity contribution in [2.45, 2.75) is 18.7 Å². The first kappa shape index (κ1) is 23.1. The summed E-state index contributed by atoms with van der Waals surface area (Å²) in [6.45, 7) is 0.310. The van der Waals surface area contributed by atoms with Crippen molar-refractivity contribution in [1.29, 1.82) is 0 Å². The highest BCUT2D eigenvalue weighted by molar-refractivity contribution is 5.79. The lowest BCUT2D eigenvalue weighted by Crippen LogP contribution is -2.26. The molecule has 0 saturated heterocycles. The van der Waals surface area contributed by atoms with Gasteiger partial charge in [0, 0.05) is 18.9 Å².